The lowest BCUT2D eigenvalue weighted by Crippen LogP contribution is -2.40. The van der Waals surface area contributed by atoms with Gasteiger partial charge in [-0.2, -0.15) is 0 Å². The Morgan fingerprint density at radius 2 is 1.77 bits per heavy atom. The summed E-state index contributed by atoms with van der Waals surface area (Å²) in [6, 6.07) is 10.2. The molecule has 1 aromatic carbocycles. The number of carbonyl (C=O) groups is 1. The third-order valence-electron chi connectivity index (χ3n) is 3.15. The summed E-state index contributed by atoms with van der Waals surface area (Å²) in [6.45, 7) is 3.18. The molecule has 0 aliphatic rings. The van der Waals surface area contributed by atoms with Crippen molar-refractivity contribution in [2.24, 2.45) is 0 Å². The molecule has 1 N–H and O–H groups in total. The third-order valence-corrected chi connectivity index (χ3v) is 3.15. The molecule has 22 heavy (non-hydrogen) atoms. The van der Waals surface area contributed by atoms with Gasteiger partial charge in [-0.1, -0.05) is 18.2 Å². The van der Waals surface area contributed by atoms with Crippen molar-refractivity contribution in [3.8, 4) is 0 Å². The van der Waals surface area contributed by atoms with Crippen LogP contribution in [-0.4, -0.2) is 64.8 Å². The first-order valence-corrected chi connectivity index (χ1v) is 6.85. The Morgan fingerprint density at radius 3 is 2.36 bits per heavy atom. The Hall–Kier alpha value is -1.01. The molecule has 0 unspecified atom stereocenters. The molecule has 0 saturated heterocycles. The van der Waals surface area contributed by atoms with Crippen LogP contribution in [0.1, 0.15) is 0 Å². The lowest BCUT2D eigenvalue weighted by Gasteiger charge is -2.24. The molecule has 0 heterocycles. The molecule has 1 rings (SSSR count). The maximum atomic E-state index is 11.9. The van der Waals surface area contributed by atoms with E-state index in [1.165, 1.54) is 0 Å². The summed E-state index contributed by atoms with van der Waals surface area (Å²) in [4.78, 5) is 15.7. The van der Waals surface area contributed by atoms with Crippen LogP contribution in [-0.2, 0) is 9.53 Å². The van der Waals surface area contributed by atoms with E-state index < -0.39 is 0 Å². The highest BCUT2D eigenvalue weighted by molar-refractivity contribution is 5.85. The molecule has 0 radical (unpaired) electrons. The number of nitrogens with one attached hydrogen (secondary N) is 1. The van der Waals surface area contributed by atoms with Crippen LogP contribution in [0.4, 0.5) is 5.69 Å². The standard InChI is InChI=1S/C15H25N3O2.2ClH/c1-17(14-7-5-4-6-8-14)10-11-18(2)15(19)13-16-9-12-20-3;;/h4-8,16H,9-13H2,1-3H3;2*1H. The molecule has 0 saturated carbocycles. The maximum absolute atomic E-state index is 11.9. The number of anilines is 1. The zero-order chi connectivity index (χ0) is 14.8. The molecule has 0 aliphatic heterocycles. The van der Waals surface area contributed by atoms with E-state index in [1.54, 1.807) is 12.0 Å². The first-order chi connectivity index (χ1) is 9.65. The number of nitrogens with zero attached hydrogens (tertiary/aromatic N) is 2. The van der Waals surface area contributed by atoms with E-state index in [0.29, 0.717) is 26.2 Å². The van der Waals surface area contributed by atoms with Gasteiger partial charge in [0.05, 0.1) is 13.2 Å². The van der Waals surface area contributed by atoms with Gasteiger partial charge in [0.25, 0.3) is 0 Å². The van der Waals surface area contributed by atoms with Crippen LogP contribution in [0, 0.1) is 0 Å². The van der Waals surface area contributed by atoms with Crippen molar-refractivity contribution in [2.75, 3.05) is 58.9 Å². The second-order valence-corrected chi connectivity index (χ2v) is 4.74. The Morgan fingerprint density at radius 1 is 1.14 bits per heavy atom. The van der Waals surface area contributed by atoms with E-state index in [9.17, 15) is 4.79 Å². The lowest BCUT2D eigenvalue weighted by atomic mass is 10.3. The van der Waals surface area contributed by atoms with Gasteiger partial charge in [0.1, 0.15) is 0 Å². The second-order valence-electron chi connectivity index (χ2n) is 4.74. The summed E-state index contributed by atoms with van der Waals surface area (Å²) in [5.74, 6) is 0.0996. The Kier molecular flexibility index (Phi) is 14.4. The first kappa shape index (κ1) is 23.3. The van der Waals surface area contributed by atoms with Gasteiger partial charge in [-0.05, 0) is 12.1 Å². The van der Waals surface area contributed by atoms with E-state index in [-0.39, 0.29) is 30.7 Å². The van der Waals surface area contributed by atoms with Crippen molar-refractivity contribution in [2.45, 2.75) is 0 Å². The number of benzene rings is 1. The summed E-state index contributed by atoms with van der Waals surface area (Å²) in [5.41, 5.74) is 1.16. The second kappa shape index (κ2) is 13.6. The highest BCUT2D eigenvalue weighted by Crippen LogP contribution is 2.10. The summed E-state index contributed by atoms with van der Waals surface area (Å²) >= 11 is 0. The van der Waals surface area contributed by atoms with Gasteiger partial charge in [-0.25, -0.2) is 0 Å². The Balaban J connectivity index is 0. The lowest BCUT2D eigenvalue weighted by molar-refractivity contribution is -0.128. The summed E-state index contributed by atoms with van der Waals surface area (Å²) in [7, 11) is 5.51. The Bertz CT molecular complexity index is 394. The topological polar surface area (TPSA) is 44.8 Å². The fourth-order valence-electron chi connectivity index (χ4n) is 1.74. The van der Waals surface area contributed by atoms with Crippen molar-refractivity contribution in [3.63, 3.8) is 0 Å². The van der Waals surface area contributed by atoms with Crippen LogP contribution in [0.2, 0.25) is 0 Å². The van der Waals surface area contributed by atoms with E-state index in [0.717, 1.165) is 12.2 Å². The average molecular weight is 352 g/mol. The molecule has 0 aromatic heterocycles. The number of halogens is 2. The number of hydrogen-bond acceptors (Lipinski definition) is 4. The van der Waals surface area contributed by atoms with Crippen LogP contribution in [0.15, 0.2) is 30.3 Å². The van der Waals surface area contributed by atoms with Crippen LogP contribution < -0.4 is 10.2 Å². The highest BCUT2D eigenvalue weighted by Gasteiger charge is 2.09. The number of amides is 1. The van der Waals surface area contributed by atoms with Gasteiger partial charge in [-0.15, -0.1) is 24.8 Å². The minimum atomic E-state index is 0. The van der Waals surface area contributed by atoms with Crippen molar-refractivity contribution >= 4 is 36.4 Å². The predicted molar refractivity (Wildman–Crippen MR) is 96.6 cm³/mol. The van der Waals surface area contributed by atoms with E-state index in [2.05, 4.69) is 22.3 Å². The molecule has 0 aliphatic carbocycles. The van der Waals surface area contributed by atoms with Gasteiger partial charge < -0.3 is 19.9 Å². The van der Waals surface area contributed by atoms with Crippen molar-refractivity contribution in [1.29, 1.82) is 0 Å². The van der Waals surface area contributed by atoms with Gasteiger partial charge in [0.2, 0.25) is 5.91 Å². The molecular weight excluding hydrogens is 325 g/mol. The fraction of sp³-hybridized carbons (Fsp3) is 0.533. The monoisotopic (exact) mass is 351 g/mol. The highest BCUT2D eigenvalue weighted by atomic mass is 35.5. The quantitative estimate of drug-likeness (QED) is 0.687. The number of carbonyl (C=O) groups excluding carboxylic acids is 1. The van der Waals surface area contributed by atoms with Crippen LogP contribution >= 0.6 is 24.8 Å². The maximum Gasteiger partial charge on any atom is 0.236 e. The normalized spacial score (nSPS) is 9.41. The summed E-state index contributed by atoms with van der Waals surface area (Å²) in [6.07, 6.45) is 0. The molecule has 7 heteroatoms. The zero-order valence-electron chi connectivity index (χ0n) is 13.4. The number of ether oxygens (including phenoxy) is 1. The zero-order valence-corrected chi connectivity index (χ0v) is 15.1. The largest absolute Gasteiger partial charge is 0.383 e. The van der Waals surface area contributed by atoms with Crippen LogP contribution in [0.3, 0.4) is 0 Å². The SMILES string of the molecule is COCCNCC(=O)N(C)CCN(C)c1ccccc1.Cl.Cl. The van der Waals surface area contributed by atoms with Gasteiger partial charge >= 0.3 is 0 Å². The Labute approximate surface area is 145 Å². The van der Waals surface area contributed by atoms with Crippen molar-refractivity contribution in [3.05, 3.63) is 30.3 Å². The number of para-hydroxylation sites is 1. The smallest absolute Gasteiger partial charge is 0.236 e. The first-order valence-electron chi connectivity index (χ1n) is 6.85. The molecule has 1 amide bonds. The fourth-order valence-corrected chi connectivity index (χ4v) is 1.74. The summed E-state index contributed by atoms with van der Waals surface area (Å²) < 4.78 is 4.92. The minimum absolute atomic E-state index is 0. The minimum Gasteiger partial charge on any atom is -0.383 e. The predicted octanol–water partition coefficient (Wildman–Crippen LogP) is 1.66. The molecule has 0 atom stereocenters. The van der Waals surface area contributed by atoms with E-state index in [4.69, 9.17) is 4.74 Å². The van der Waals surface area contributed by atoms with E-state index in [1.807, 2.05) is 32.3 Å². The molecule has 1 aromatic rings. The van der Waals surface area contributed by atoms with E-state index >= 15 is 0 Å². The van der Waals surface area contributed by atoms with Gasteiger partial charge in [-0.3, -0.25) is 4.79 Å². The molecule has 128 valence electrons. The number of methoxy groups -OCH3 is 1. The third kappa shape index (κ3) is 9.10. The number of likely N-dealkylation sites (N-methyl/N-ethyl adjacent to an activating group) is 2. The van der Waals surface area contributed by atoms with Gasteiger partial charge in [0.15, 0.2) is 0 Å². The van der Waals surface area contributed by atoms with Crippen molar-refractivity contribution in [1.82, 2.24) is 10.2 Å². The molecule has 0 spiro atoms. The number of rotatable bonds is 9. The van der Waals surface area contributed by atoms with Crippen molar-refractivity contribution < 1.29 is 9.53 Å². The van der Waals surface area contributed by atoms with Crippen LogP contribution in [0.5, 0.6) is 0 Å². The number of hydrogen-bond donors (Lipinski definition) is 1. The van der Waals surface area contributed by atoms with Gasteiger partial charge in [0, 0.05) is 46.5 Å². The molecule has 0 bridgehead atoms. The molecule has 5 nitrogen and oxygen atoms in total. The van der Waals surface area contributed by atoms with Crippen LogP contribution in [0.25, 0.3) is 0 Å². The average Bonchev–Trinajstić information content (AvgIpc) is 2.49. The molecule has 0 fully saturated rings. The summed E-state index contributed by atoms with van der Waals surface area (Å²) in [5, 5.41) is 3.06. The molecular formula is C15H27Cl2N3O2.